The summed E-state index contributed by atoms with van der Waals surface area (Å²) in [7, 11) is 0. The third kappa shape index (κ3) is 3.18. The number of aryl methyl sites for hydroxylation is 1. The zero-order chi connectivity index (χ0) is 12.3. The Kier molecular flexibility index (Phi) is 3.97. The highest BCUT2D eigenvalue weighted by atomic mass is 32.1. The van der Waals surface area contributed by atoms with E-state index in [1.165, 1.54) is 15.3 Å². The maximum atomic E-state index is 3.64. The highest BCUT2D eigenvalue weighted by Crippen LogP contribution is 2.25. The van der Waals surface area contributed by atoms with E-state index in [2.05, 4.69) is 68.6 Å². The van der Waals surface area contributed by atoms with Crippen LogP contribution in [0.25, 0.3) is 0 Å². The first-order chi connectivity index (χ1) is 8.16. The minimum atomic E-state index is 0.383. The molecule has 2 atom stereocenters. The second-order valence-corrected chi connectivity index (χ2v) is 5.79. The van der Waals surface area contributed by atoms with Crippen molar-refractivity contribution in [2.45, 2.75) is 32.9 Å². The van der Waals surface area contributed by atoms with Crippen molar-refractivity contribution in [3.8, 4) is 0 Å². The van der Waals surface area contributed by atoms with Gasteiger partial charge in [0.1, 0.15) is 0 Å². The van der Waals surface area contributed by atoms with Gasteiger partial charge in [0, 0.05) is 21.8 Å². The number of thiophene rings is 1. The first kappa shape index (κ1) is 12.3. The monoisotopic (exact) mass is 245 g/mol. The largest absolute Gasteiger partial charge is 0.303 e. The van der Waals surface area contributed by atoms with Gasteiger partial charge in [-0.05, 0) is 38.5 Å². The van der Waals surface area contributed by atoms with E-state index in [9.17, 15) is 0 Å². The maximum absolute atomic E-state index is 3.64. The van der Waals surface area contributed by atoms with E-state index in [1.54, 1.807) is 0 Å². The molecule has 1 heterocycles. The molecule has 0 saturated carbocycles. The summed E-state index contributed by atoms with van der Waals surface area (Å²) in [5.74, 6) is 0. The molecule has 1 aromatic heterocycles. The molecule has 1 nitrogen and oxygen atoms in total. The van der Waals surface area contributed by atoms with Gasteiger partial charge in [0.05, 0.1) is 0 Å². The van der Waals surface area contributed by atoms with Crippen LogP contribution in [0.4, 0.5) is 0 Å². The molecule has 2 rings (SSSR count). The third-order valence-corrected chi connectivity index (χ3v) is 4.17. The molecular weight excluding hydrogens is 226 g/mol. The Morgan fingerprint density at radius 2 is 1.65 bits per heavy atom. The van der Waals surface area contributed by atoms with Crippen molar-refractivity contribution in [1.82, 2.24) is 5.32 Å². The van der Waals surface area contributed by atoms with E-state index in [4.69, 9.17) is 0 Å². The molecule has 1 aromatic carbocycles. The lowest BCUT2D eigenvalue weighted by Gasteiger charge is -2.19. The molecule has 1 N–H and O–H groups in total. The molecule has 90 valence electrons. The van der Waals surface area contributed by atoms with E-state index in [-0.39, 0.29) is 0 Å². The zero-order valence-electron chi connectivity index (χ0n) is 10.6. The standard InChI is InChI=1S/C15H19NS/c1-11-9-10-15(17-11)13(3)16-12(2)14-7-5-4-6-8-14/h4-10,12-13,16H,1-3H3/t12-,13?/m0/s1. The minimum absolute atomic E-state index is 0.383. The highest BCUT2D eigenvalue weighted by Gasteiger charge is 2.11. The van der Waals surface area contributed by atoms with E-state index >= 15 is 0 Å². The van der Waals surface area contributed by atoms with Crippen molar-refractivity contribution in [1.29, 1.82) is 0 Å². The quantitative estimate of drug-likeness (QED) is 0.838. The number of nitrogens with one attached hydrogen (secondary N) is 1. The lowest BCUT2D eigenvalue weighted by Crippen LogP contribution is -2.21. The van der Waals surface area contributed by atoms with Crippen LogP contribution in [0.5, 0.6) is 0 Å². The molecule has 0 bridgehead atoms. The molecule has 0 radical (unpaired) electrons. The summed E-state index contributed by atoms with van der Waals surface area (Å²) in [5.41, 5.74) is 1.34. The maximum Gasteiger partial charge on any atom is 0.0391 e. The molecular formula is C15H19NS. The molecule has 2 aromatic rings. The lowest BCUT2D eigenvalue weighted by molar-refractivity contribution is 0.500. The fourth-order valence-electron chi connectivity index (χ4n) is 1.98. The summed E-state index contributed by atoms with van der Waals surface area (Å²) in [6, 6.07) is 15.8. The van der Waals surface area contributed by atoms with Gasteiger partial charge in [-0.15, -0.1) is 11.3 Å². The molecule has 0 amide bonds. The zero-order valence-corrected chi connectivity index (χ0v) is 11.4. The number of benzene rings is 1. The van der Waals surface area contributed by atoms with Crippen molar-refractivity contribution in [3.05, 3.63) is 57.8 Å². The summed E-state index contributed by atoms with van der Waals surface area (Å²) >= 11 is 1.87. The van der Waals surface area contributed by atoms with Crippen molar-refractivity contribution in [3.63, 3.8) is 0 Å². The fourth-order valence-corrected chi connectivity index (χ4v) is 2.87. The number of hydrogen-bond donors (Lipinski definition) is 1. The second-order valence-electron chi connectivity index (χ2n) is 4.47. The summed E-state index contributed by atoms with van der Waals surface area (Å²) in [6.07, 6.45) is 0. The van der Waals surface area contributed by atoms with Crippen LogP contribution in [0.2, 0.25) is 0 Å². The highest BCUT2D eigenvalue weighted by molar-refractivity contribution is 7.12. The summed E-state index contributed by atoms with van der Waals surface area (Å²) in [4.78, 5) is 2.78. The fraction of sp³-hybridized carbons (Fsp3) is 0.333. The average Bonchev–Trinajstić information content (AvgIpc) is 2.77. The van der Waals surface area contributed by atoms with Gasteiger partial charge in [0.2, 0.25) is 0 Å². The van der Waals surface area contributed by atoms with Crippen LogP contribution in [0.3, 0.4) is 0 Å². The van der Waals surface area contributed by atoms with Crippen LogP contribution in [0.1, 0.15) is 41.2 Å². The van der Waals surface area contributed by atoms with Crippen LogP contribution in [-0.4, -0.2) is 0 Å². The van der Waals surface area contributed by atoms with Gasteiger partial charge in [-0.2, -0.15) is 0 Å². The SMILES string of the molecule is Cc1ccc(C(C)N[C@@H](C)c2ccccc2)s1. The molecule has 0 aliphatic heterocycles. The predicted molar refractivity (Wildman–Crippen MR) is 75.5 cm³/mol. The number of hydrogen-bond acceptors (Lipinski definition) is 2. The van der Waals surface area contributed by atoms with Gasteiger partial charge >= 0.3 is 0 Å². The van der Waals surface area contributed by atoms with Gasteiger partial charge in [-0.3, -0.25) is 0 Å². The van der Waals surface area contributed by atoms with Crippen LogP contribution in [0.15, 0.2) is 42.5 Å². The van der Waals surface area contributed by atoms with E-state index in [0.29, 0.717) is 12.1 Å². The first-order valence-electron chi connectivity index (χ1n) is 6.04. The Balaban J connectivity index is 2.02. The number of rotatable bonds is 4. The Labute approximate surface area is 108 Å². The smallest absolute Gasteiger partial charge is 0.0391 e. The third-order valence-electron chi connectivity index (χ3n) is 2.99. The first-order valence-corrected chi connectivity index (χ1v) is 6.86. The molecule has 0 saturated heterocycles. The van der Waals surface area contributed by atoms with Gasteiger partial charge in [-0.1, -0.05) is 30.3 Å². The van der Waals surface area contributed by atoms with Gasteiger partial charge in [0.15, 0.2) is 0 Å². The van der Waals surface area contributed by atoms with Crippen LogP contribution in [-0.2, 0) is 0 Å². The average molecular weight is 245 g/mol. The Morgan fingerprint density at radius 3 is 2.24 bits per heavy atom. The Morgan fingerprint density at radius 1 is 0.941 bits per heavy atom. The Hall–Kier alpha value is -1.12. The summed E-state index contributed by atoms with van der Waals surface area (Å²) < 4.78 is 0. The van der Waals surface area contributed by atoms with Crippen molar-refractivity contribution in [2.75, 3.05) is 0 Å². The van der Waals surface area contributed by atoms with E-state index in [1.807, 2.05) is 11.3 Å². The molecule has 0 aliphatic carbocycles. The van der Waals surface area contributed by atoms with E-state index in [0.717, 1.165) is 0 Å². The normalized spacial score (nSPS) is 14.5. The molecule has 0 aliphatic rings. The van der Waals surface area contributed by atoms with Crippen LogP contribution >= 0.6 is 11.3 Å². The molecule has 2 heteroatoms. The molecule has 0 spiro atoms. The molecule has 0 fully saturated rings. The van der Waals surface area contributed by atoms with Crippen molar-refractivity contribution in [2.24, 2.45) is 0 Å². The van der Waals surface area contributed by atoms with E-state index < -0.39 is 0 Å². The summed E-state index contributed by atoms with van der Waals surface area (Å²) in [5, 5.41) is 3.64. The van der Waals surface area contributed by atoms with Crippen LogP contribution in [0, 0.1) is 6.92 Å². The summed E-state index contributed by atoms with van der Waals surface area (Å²) in [6.45, 7) is 6.60. The van der Waals surface area contributed by atoms with Gasteiger partial charge in [-0.25, -0.2) is 0 Å². The lowest BCUT2D eigenvalue weighted by atomic mass is 10.1. The minimum Gasteiger partial charge on any atom is -0.303 e. The Bertz CT molecular complexity index is 461. The van der Waals surface area contributed by atoms with Crippen molar-refractivity contribution >= 4 is 11.3 Å². The van der Waals surface area contributed by atoms with Crippen molar-refractivity contribution < 1.29 is 0 Å². The second kappa shape index (κ2) is 5.48. The van der Waals surface area contributed by atoms with Crippen LogP contribution < -0.4 is 5.32 Å². The van der Waals surface area contributed by atoms with Gasteiger partial charge < -0.3 is 5.32 Å². The molecule has 17 heavy (non-hydrogen) atoms. The predicted octanol–water partition coefficient (Wildman–Crippen LogP) is 4.47. The van der Waals surface area contributed by atoms with Gasteiger partial charge in [0.25, 0.3) is 0 Å². The molecule has 1 unspecified atom stereocenters. The topological polar surface area (TPSA) is 12.0 Å².